The predicted molar refractivity (Wildman–Crippen MR) is 134 cm³/mol. The van der Waals surface area contributed by atoms with Crippen molar-refractivity contribution in [2.24, 2.45) is 0 Å². The first-order valence-electron chi connectivity index (χ1n) is 11.5. The summed E-state index contributed by atoms with van der Waals surface area (Å²) in [7, 11) is 0. The minimum atomic E-state index is -0.736. The first-order chi connectivity index (χ1) is 16.3. The summed E-state index contributed by atoms with van der Waals surface area (Å²) in [5.41, 5.74) is 4.88. The van der Waals surface area contributed by atoms with Gasteiger partial charge in [0, 0.05) is 11.3 Å². The molecule has 5 heteroatoms. The predicted octanol–water partition coefficient (Wildman–Crippen LogP) is 6.03. The SMILES string of the molecule is CCCOc1ccc(/C(O)=C2\C(=O)C(=O)N(c3ccc(C)c(C)c3)C2c2ccccc2)cc1C. The Kier molecular flexibility index (Phi) is 6.55. The molecule has 3 aromatic carbocycles. The lowest BCUT2D eigenvalue weighted by molar-refractivity contribution is -0.132. The highest BCUT2D eigenvalue weighted by Crippen LogP contribution is 2.42. The maximum Gasteiger partial charge on any atom is 0.300 e. The standard InChI is InChI=1S/C29H29NO4/c1-5-15-34-24-14-12-22(16-20(24)4)27(31)25-26(21-9-7-6-8-10-21)30(29(33)28(25)32)23-13-11-18(2)19(3)17-23/h6-14,16-17,26,31H,5,15H2,1-4H3/b27-25+. The number of amides is 1. The second-order valence-electron chi connectivity index (χ2n) is 8.68. The van der Waals surface area contributed by atoms with E-state index in [1.807, 2.05) is 76.2 Å². The fourth-order valence-electron chi connectivity index (χ4n) is 4.25. The fourth-order valence-corrected chi connectivity index (χ4v) is 4.25. The van der Waals surface area contributed by atoms with Crippen LogP contribution in [0, 0.1) is 20.8 Å². The zero-order valence-electron chi connectivity index (χ0n) is 20.0. The summed E-state index contributed by atoms with van der Waals surface area (Å²) in [6.45, 7) is 8.50. The van der Waals surface area contributed by atoms with Gasteiger partial charge in [-0.1, -0.05) is 43.3 Å². The number of ether oxygens (including phenoxy) is 1. The van der Waals surface area contributed by atoms with Crippen molar-refractivity contribution >= 4 is 23.1 Å². The Bertz CT molecular complexity index is 1280. The summed E-state index contributed by atoms with van der Waals surface area (Å²) < 4.78 is 5.74. The number of carbonyl (C=O) groups excluding carboxylic acids is 2. The topological polar surface area (TPSA) is 66.8 Å². The number of Topliss-reactive ketones (excluding diaryl/α,β-unsaturated/α-hetero) is 1. The summed E-state index contributed by atoms with van der Waals surface area (Å²) in [5, 5.41) is 11.3. The van der Waals surface area contributed by atoms with Gasteiger partial charge in [0.15, 0.2) is 0 Å². The maximum absolute atomic E-state index is 13.3. The molecule has 0 bridgehead atoms. The van der Waals surface area contributed by atoms with E-state index in [0.29, 0.717) is 17.9 Å². The van der Waals surface area contributed by atoms with Crippen LogP contribution >= 0.6 is 0 Å². The molecule has 1 amide bonds. The molecule has 1 unspecified atom stereocenters. The second kappa shape index (κ2) is 9.56. The summed E-state index contributed by atoms with van der Waals surface area (Å²) >= 11 is 0. The smallest absolute Gasteiger partial charge is 0.300 e. The lowest BCUT2D eigenvalue weighted by atomic mass is 9.94. The van der Waals surface area contributed by atoms with Gasteiger partial charge in [0.25, 0.3) is 11.7 Å². The third-order valence-electron chi connectivity index (χ3n) is 6.24. The van der Waals surface area contributed by atoms with E-state index in [2.05, 4.69) is 0 Å². The van der Waals surface area contributed by atoms with Gasteiger partial charge < -0.3 is 9.84 Å². The van der Waals surface area contributed by atoms with Crippen molar-refractivity contribution in [1.82, 2.24) is 0 Å². The quantitative estimate of drug-likeness (QED) is 0.280. The minimum absolute atomic E-state index is 0.0797. The van der Waals surface area contributed by atoms with Crippen LogP contribution in [0.3, 0.4) is 0 Å². The molecule has 3 aromatic rings. The molecule has 0 aliphatic carbocycles. The van der Waals surface area contributed by atoms with Gasteiger partial charge in [-0.25, -0.2) is 0 Å². The molecule has 0 radical (unpaired) electrons. The molecule has 1 aliphatic heterocycles. The van der Waals surface area contributed by atoms with Crippen LogP contribution < -0.4 is 9.64 Å². The van der Waals surface area contributed by atoms with Crippen molar-refractivity contribution in [3.05, 3.63) is 100 Å². The van der Waals surface area contributed by atoms with Crippen LogP contribution in [0.2, 0.25) is 0 Å². The molecule has 1 atom stereocenters. The molecular weight excluding hydrogens is 426 g/mol. The third-order valence-corrected chi connectivity index (χ3v) is 6.24. The number of carbonyl (C=O) groups is 2. The largest absolute Gasteiger partial charge is 0.507 e. The van der Waals surface area contributed by atoms with Crippen molar-refractivity contribution in [2.45, 2.75) is 40.2 Å². The monoisotopic (exact) mass is 455 g/mol. The van der Waals surface area contributed by atoms with Gasteiger partial charge in [0.05, 0.1) is 18.2 Å². The number of ketones is 1. The highest BCUT2D eigenvalue weighted by Gasteiger charge is 2.47. The van der Waals surface area contributed by atoms with Crippen LogP contribution in [0.5, 0.6) is 5.75 Å². The van der Waals surface area contributed by atoms with Crippen molar-refractivity contribution in [3.63, 3.8) is 0 Å². The minimum Gasteiger partial charge on any atom is -0.507 e. The molecule has 5 nitrogen and oxygen atoms in total. The lowest BCUT2D eigenvalue weighted by Crippen LogP contribution is -2.29. The van der Waals surface area contributed by atoms with E-state index in [0.717, 1.165) is 34.4 Å². The molecule has 1 fully saturated rings. The van der Waals surface area contributed by atoms with Crippen molar-refractivity contribution in [1.29, 1.82) is 0 Å². The number of nitrogens with zero attached hydrogens (tertiary/aromatic N) is 1. The first kappa shape index (κ1) is 23.3. The molecule has 0 aromatic heterocycles. The average Bonchev–Trinajstić information content (AvgIpc) is 3.10. The van der Waals surface area contributed by atoms with Crippen LogP contribution in [-0.2, 0) is 9.59 Å². The molecule has 1 heterocycles. The van der Waals surface area contributed by atoms with Gasteiger partial charge in [-0.15, -0.1) is 0 Å². The number of hydrogen-bond donors (Lipinski definition) is 1. The van der Waals surface area contributed by atoms with E-state index in [-0.39, 0.29) is 11.3 Å². The number of aliphatic hydroxyl groups excluding tert-OH is 1. The van der Waals surface area contributed by atoms with E-state index in [1.54, 1.807) is 18.2 Å². The van der Waals surface area contributed by atoms with Gasteiger partial charge in [-0.3, -0.25) is 14.5 Å². The molecule has 1 N–H and O–H groups in total. The normalized spacial score (nSPS) is 17.3. The highest BCUT2D eigenvalue weighted by atomic mass is 16.5. The number of aliphatic hydroxyl groups is 1. The number of benzene rings is 3. The Morgan fingerprint density at radius 1 is 0.912 bits per heavy atom. The Balaban J connectivity index is 1.87. The van der Waals surface area contributed by atoms with E-state index < -0.39 is 17.7 Å². The molecule has 0 spiro atoms. The van der Waals surface area contributed by atoms with Gasteiger partial charge in [0.2, 0.25) is 0 Å². The van der Waals surface area contributed by atoms with Gasteiger partial charge in [0.1, 0.15) is 11.5 Å². The Labute approximate surface area is 200 Å². The van der Waals surface area contributed by atoms with Crippen LogP contribution in [0.4, 0.5) is 5.69 Å². The zero-order chi connectivity index (χ0) is 24.4. The highest BCUT2D eigenvalue weighted by molar-refractivity contribution is 6.51. The number of anilines is 1. The van der Waals surface area contributed by atoms with E-state index in [1.165, 1.54) is 4.90 Å². The molecule has 1 aliphatic rings. The van der Waals surface area contributed by atoms with Crippen LogP contribution in [-0.4, -0.2) is 23.4 Å². The van der Waals surface area contributed by atoms with Gasteiger partial charge in [-0.2, -0.15) is 0 Å². The van der Waals surface area contributed by atoms with Crippen LogP contribution in [0.15, 0.2) is 72.3 Å². The zero-order valence-corrected chi connectivity index (χ0v) is 20.0. The Hall–Kier alpha value is -3.86. The van der Waals surface area contributed by atoms with Gasteiger partial charge in [-0.05, 0) is 79.8 Å². The van der Waals surface area contributed by atoms with Crippen molar-refractivity contribution < 1.29 is 19.4 Å². The Morgan fingerprint density at radius 2 is 1.65 bits per heavy atom. The van der Waals surface area contributed by atoms with Crippen molar-refractivity contribution in [2.75, 3.05) is 11.5 Å². The third kappa shape index (κ3) is 4.21. The number of hydrogen-bond acceptors (Lipinski definition) is 4. The Morgan fingerprint density at radius 3 is 2.29 bits per heavy atom. The molecule has 1 saturated heterocycles. The van der Waals surface area contributed by atoms with Crippen molar-refractivity contribution in [3.8, 4) is 5.75 Å². The van der Waals surface area contributed by atoms with E-state index >= 15 is 0 Å². The van der Waals surface area contributed by atoms with Crippen LogP contribution in [0.25, 0.3) is 5.76 Å². The molecule has 4 rings (SSSR count). The maximum atomic E-state index is 13.3. The van der Waals surface area contributed by atoms with Crippen LogP contribution in [0.1, 0.15) is 47.2 Å². The number of aryl methyl sites for hydroxylation is 3. The molecular formula is C29H29NO4. The lowest BCUT2D eigenvalue weighted by Gasteiger charge is -2.26. The molecule has 34 heavy (non-hydrogen) atoms. The summed E-state index contributed by atoms with van der Waals surface area (Å²) in [4.78, 5) is 28.1. The van der Waals surface area contributed by atoms with Gasteiger partial charge >= 0.3 is 0 Å². The average molecular weight is 456 g/mol. The second-order valence-corrected chi connectivity index (χ2v) is 8.68. The first-order valence-corrected chi connectivity index (χ1v) is 11.5. The summed E-state index contributed by atoms with van der Waals surface area (Å²) in [6.07, 6.45) is 0.889. The fraction of sp³-hybridized carbons (Fsp3) is 0.241. The van der Waals surface area contributed by atoms with E-state index in [9.17, 15) is 14.7 Å². The molecule has 174 valence electrons. The summed E-state index contributed by atoms with van der Waals surface area (Å²) in [5.74, 6) is -0.816. The number of rotatable bonds is 6. The molecule has 0 saturated carbocycles. The van der Waals surface area contributed by atoms with E-state index in [4.69, 9.17) is 4.74 Å². The summed E-state index contributed by atoms with van der Waals surface area (Å²) in [6, 6.07) is 19.6.